The van der Waals surface area contributed by atoms with Crippen LogP contribution in [0.15, 0.2) is 152 Å². The van der Waals surface area contributed by atoms with Crippen molar-refractivity contribution >= 4 is 76.1 Å². The Bertz CT molecular complexity index is 2780. The number of para-hydroxylation sites is 3. The number of benzene rings is 7. The van der Waals surface area contributed by atoms with E-state index in [2.05, 4.69) is 161 Å². The van der Waals surface area contributed by atoms with Gasteiger partial charge in [0.15, 0.2) is 0 Å². The Morgan fingerprint density at radius 2 is 0.909 bits per heavy atom. The summed E-state index contributed by atoms with van der Waals surface area (Å²) < 4.78 is 4.87. The predicted octanol–water partition coefficient (Wildman–Crippen LogP) is 10.7. The van der Waals surface area contributed by atoms with Gasteiger partial charge in [-0.1, -0.05) is 115 Å². The summed E-state index contributed by atoms with van der Waals surface area (Å²) in [6.07, 6.45) is 0. The zero-order valence-electron chi connectivity index (χ0n) is 23.8. The summed E-state index contributed by atoms with van der Waals surface area (Å²) in [6.45, 7) is 0. The molecule has 44 heavy (non-hydrogen) atoms. The molecule has 0 unspecified atom stereocenters. The predicted molar refractivity (Wildman–Crippen MR) is 185 cm³/mol. The van der Waals surface area contributed by atoms with Crippen molar-refractivity contribution in [3.05, 3.63) is 152 Å². The normalized spacial score (nSPS) is 12.1. The van der Waals surface area contributed by atoms with Gasteiger partial charge in [0.05, 0.1) is 33.3 Å². The Balaban J connectivity index is 1.46. The van der Waals surface area contributed by atoms with Crippen molar-refractivity contribution < 1.29 is 0 Å². The van der Waals surface area contributed by atoms with Crippen LogP contribution in [0.25, 0.3) is 87.6 Å². The number of hydrogen-bond donors (Lipinski definition) is 0. The highest BCUT2D eigenvalue weighted by Gasteiger charge is 2.22. The molecule has 204 valence electrons. The summed E-state index contributed by atoms with van der Waals surface area (Å²) in [5, 5.41) is 11.0. The van der Waals surface area contributed by atoms with Gasteiger partial charge >= 0.3 is 0 Å². The van der Waals surface area contributed by atoms with Gasteiger partial charge in [0, 0.05) is 32.3 Å². The van der Waals surface area contributed by atoms with Crippen LogP contribution in [0.1, 0.15) is 0 Å². The highest BCUT2D eigenvalue weighted by Crippen LogP contribution is 2.43. The second-order valence-electron chi connectivity index (χ2n) is 11.6. The Labute approximate surface area is 252 Å². The lowest BCUT2D eigenvalue weighted by molar-refractivity contribution is 1.10. The number of rotatable bonds is 2. The molecule has 0 spiro atoms. The zero-order chi connectivity index (χ0) is 28.8. The first-order chi connectivity index (χ1) is 21.8. The molecule has 0 aliphatic rings. The van der Waals surface area contributed by atoms with E-state index in [1.54, 1.807) is 0 Å². The average molecular weight is 560 g/mol. The Kier molecular flexibility index (Phi) is 4.72. The van der Waals surface area contributed by atoms with Crippen LogP contribution < -0.4 is 0 Å². The number of pyridine rings is 1. The van der Waals surface area contributed by atoms with Crippen molar-refractivity contribution in [3.8, 4) is 11.5 Å². The zero-order valence-corrected chi connectivity index (χ0v) is 23.8. The monoisotopic (exact) mass is 559 g/mol. The van der Waals surface area contributed by atoms with Crippen LogP contribution >= 0.6 is 0 Å². The van der Waals surface area contributed by atoms with Crippen molar-refractivity contribution in [2.24, 2.45) is 0 Å². The summed E-state index contributed by atoms with van der Waals surface area (Å²) in [5.74, 6) is 0.919. The summed E-state index contributed by atoms with van der Waals surface area (Å²) in [6, 6.07) is 54.7. The SMILES string of the molecule is c1ccc2nc(-n3c4ccccc4c4ccc5c6ccccc6n(-c6cc7ccccc7c7ccccc67)c5c43)ccc2c1. The number of fused-ring (bicyclic) bond motifs is 11. The molecule has 10 aromatic rings. The molecule has 0 aliphatic carbocycles. The first-order valence-electron chi connectivity index (χ1n) is 15.1. The highest BCUT2D eigenvalue weighted by molar-refractivity contribution is 6.24. The van der Waals surface area contributed by atoms with Gasteiger partial charge < -0.3 is 4.57 Å². The summed E-state index contributed by atoms with van der Waals surface area (Å²) in [4.78, 5) is 5.23. The van der Waals surface area contributed by atoms with E-state index in [-0.39, 0.29) is 0 Å². The lowest BCUT2D eigenvalue weighted by Crippen LogP contribution is -2.01. The molecule has 0 aliphatic heterocycles. The van der Waals surface area contributed by atoms with Crippen molar-refractivity contribution in [2.75, 3.05) is 0 Å². The van der Waals surface area contributed by atoms with Crippen LogP contribution in [0.3, 0.4) is 0 Å². The van der Waals surface area contributed by atoms with E-state index in [1.165, 1.54) is 65.3 Å². The van der Waals surface area contributed by atoms with E-state index in [9.17, 15) is 0 Å². The van der Waals surface area contributed by atoms with E-state index in [0.29, 0.717) is 0 Å². The summed E-state index contributed by atoms with van der Waals surface area (Å²) in [5.41, 5.74) is 6.87. The molecule has 7 aromatic carbocycles. The lowest BCUT2D eigenvalue weighted by atomic mass is 10.00. The van der Waals surface area contributed by atoms with Crippen LogP contribution in [-0.4, -0.2) is 14.1 Å². The van der Waals surface area contributed by atoms with Crippen LogP contribution in [0.4, 0.5) is 0 Å². The fraction of sp³-hybridized carbons (Fsp3) is 0. The maximum absolute atomic E-state index is 5.23. The molecular formula is C41H25N3. The molecule has 3 nitrogen and oxygen atoms in total. The molecule has 0 amide bonds. The number of hydrogen-bond acceptors (Lipinski definition) is 1. The highest BCUT2D eigenvalue weighted by atomic mass is 15.1. The van der Waals surface area contributed by atoms with Gasteiger partial charge in [-0.3, -0.25) is 4.57 Å². The fourth-order valence-corrected chi connectivity index (χ4v) is 7.39. The third-order valence-corrected chi connectivity index (χ3v) is 9.27. The van der Waals surface area contributed by atoms with Crippen LogP contribution in [-0.2, 0) is 0 Å². The Morgan fingerprint density at radius 1 is 0.364 bits per heavy atom. The number of aromatic nitrogens is 3. The Morgan fingerprint density at radius 3 is 1.66 bits per heavy atom. The van der Waals surface area contributed by atoms with Crippen molar-refractivity contribution in [1.82, 2.24) is 14.1 Å². The van der Waals surface area contributed by atoms with Gasteiger partial charge in [-0.2, -0.15) is 0 Å². The van der Waals surface area contributed by atoms with Gasteiger partial charge in [-0.25, -0.2) is 4.98 Å². The minimum absolute atomic E-state index is 0.919. The van der Waals surface area contributed by atoms with Gasteiger partial charge in [0.1, 0.15) is 5.82 Å². The molecule has 0 bridgehead atoms. The van der Waals surface area contributed by atoms with Crippen LogP contribution in [0.2, 0.25) is 0 Å². The molecule has 3 heterocycles. The van der Waals surface area contributed by atoms with E-state index in [0.717, 1.165) is 22.2 Å². The largest absolute Gasteiger partial charge is 0.307 e. The minimum atomic E-state index is 0.919. The summed E-state index contributed by atoms with van der Waals surface area (Å²) in [7, 11) is 0. The molecule has 0 atom stereocenters. The third kappa shape index (κ3) is 3.13. The van der Waals surface area contributed by atoms with Gasteiger partial charge in [0.2, 0.25) is 0 Å². The molecule has 0 N–H and O–H groups in total. The molecule has 10 rings (SSSR count). The average Bonchev–Trinajstić information content (AvgIpc) is 3.61. The fourth-order valence-electron chi connectivity index (χ4n) is 7.39. The Hall–Kier alpha value is -5.93. The summed E-state index contributed by atoms with van der Waals surface area (Å²) >= 11 is 0. The second-order valence-corrected chi connectivity index (χ2v) is 11.6. The topological polar surface area (TPSA) is 22.8 Å². The first kappa shape index (κ1) is 23.6. The molecule has 0 radical (unpaired) electrons. The minimum Gasteiger partial charge on any atom is -0.307 e. The molecule has 0 saturated carbocycles. The molecule has 3 heteroatoms. The van der Waals surface area contributed by atoms with Crippen LogP contribution in [0.5, 0.6) is 0 Å². The molecule has 3 aromatic heterocycles. The van der Waals surface area contributed by atoms with Gasteiger partial charge in [-0.15, -0.1) is 0 Å². The van der Waals surface area contributed by atoms with Crippen molar-refractivity contribution in [3.63, 3.8) is 0 Å². The lowest BCUT2D eigenvalue weighted by Gasteiger charge is -2.16. The molecule has 0 saturated heterocycles. The second kappa shape index (κ2) is 8.79. The maximum atomic E-state index is 5.23. The molecular weight excluding hydrogens is 534 g/mol. The standard InChI is InChI=1S/C41H25N3/c1-3-13-28-27(12-1)25-38(30-15-5-4-14-29(28)30)43-36-19-9-6-16-31(36)33-22-23-34-32-17-7-10-20-37(32)44(41(34)40(33)43)39-24-21-26-11-2-8-18-35(26)42-39/h1-25H. The first-order valence-corrected chi connectivity index (χ1v) is 15.1. The van der Waals surface area contributed by atoms with E-state index < -0.39 is 0 Å². The third-order valence-electron chi connectivity index (χ3n) is 9.27. The number of nitrogens with zero attached hydrogens (tertiary/aromatic N) is 3. The van der Waals surface area contributed by atoms with Crippen molar-refractivity contribution in [2.45, 2.75) is 0 Å². The smallest absolute Gasteiger partial charge is 0.138 e. The van der Waals surface area contributed by atoms with E-state index >= 15 is 0 Å². The van der Waals surface area contributed by atoms with Crippen molar-refractivity contribution in [1.29, 1.82) is 0 Å². The molecule has 0 fully saturated rings. The maximum Gasteiger partial charge on any atom is 0.138 e. The van der Waals surface area contributed by atoms with Gasteiger partial charge in [-0.05, 0) is 52.6 Å². The van der Waals surface area contributed by atoms with Crippen LogP contribution in [0, 0.1) is 0 Å². The quantitative estimate of drug-likeness (QED) is 0.193. The van der Waals surface area contributed by atoms with E-state index in [1.807, 2.05) is 0 Å². The van der Waals surface area contributed by atoms with E-state index in [4.69, 9.17) is 4.98 Å². The van der Waals surface area contributed by atoms with Gasteiger partial charge in [0.25, 0.3) is 0 Å².